The van der Waals surface area contributed by atoms with Gasteiger partial charge in [0, 0.05) is 28.4 Å². The Morgan fingerprint density at radius 2 is 1.55 bits per heavy atom. The summed E-state index contributed by atoms with van der Waals surface area (Å²) in [5.41, 5.74) is 1.48. The van der Waals surface area contributed by atoms with Crippen molar-refractivity contribution >= 4 is 41.1 Å². The summed E-state index contributed by atoms with van der Waals surface area (Å²) in [6.07, 6.45) is 6.51. The number of benzene rings is 2. The van der Waals surface area contributed by atoms with Crippen LogP contribution in [0.2, 0.25) is 5.02 Å². The van der Waals surface area contributed by atoms with Gasteiger partial charge in [0.25, 0.3) is 17.7 Å². The highest BCUT2D eigenvalue weighted by Crippen LogP contribution is 2.41. The second kappa shape index (κ2) is 9.44. The summed E-state index contributed by atoms with van der Waals surface area (Å²) in [5, 5.41) is 1.60. The first-order valence-electron chi connectivity index (χ1n) is 10.6. The van der Waals surface area contributed by atoms with Gasteiger partial charge in [0.05, 0.1) is 11.2 Å². The van der Waals surface area contributed by atoms with Gasteiger partial charge in [0.1, 0.15) is 16.5 Å². The fraction of sp³-hybridized carbons (Fsp3) is 0.348. The monoisotopic (exact) mass is 524 g/mol. The Balaban J connectivity index is 1.78. The first kappa shape index (κ1) is 24.3. The van der Waals surface area contributed by atoms with Crippen LogP contribution in [0.25, 0.3) is 11.3 Å². The lowest BCUT2D eigenvalue weighted by Crippen LogP contribution is -2.13. The molecule has 0 unspecified atom stereocenters. The fourth-order valence-electron chi connectivity index (χ4n) is 4.10. The number of rotatable bonds is 6. The van der Waals surface area contributed by atoms with Gasteiger partial charge in [0.2, 0.25) is 0 Å². The molecule has 1 saturated carbocycles. The summed E-state index contributed by atoms with van der Waals surface area (Å²) < 4.78 is 50.1. The molecule has 1 heterocycles. The molecule has 1 aliphatic carbocycles. The van der Waals surface area contributed by atoms with Crippen molar-refractivity contribution in [1.82, 2.24) is 9.55 Å². The number of halogens is 1. The number of nitrogens with zero attached hydrogens (tertiary/aromatic N) is 2. The van der Waals surface area contributed by atoms with Crippen LogP contribution in [0.1, 0.15) is 43.8 Å². The predicted octanol–water partition coefficient (Wildman–Crippen LogP) is 5.67. The average Bonchev–Trinajstić information content (AvgIpc) is 3.11. The molecule has 3 aromatic rings. The number of hydrogen-bond donors (Lipinski definition) is 0. The van der Waals surface area contributed by atoms with E-state index in [1.54, 1.807) is 23.9 Å². The van der Waals surface area contributed by atoms with Crippen molar-refractivity contribution in [2.45, 2.75) is 52.8 Å². The lowest BCUT2D eigenvalue weighted by Gasteiger charge is -2.21. The van der Waals surface area contributed by atoms with Crippen LogP contribution in [0.4, 0.5) is 0 Å². The Hall–Kier alpha value is -1.81. The van der Waals surface area contributed by atoms with Crippen LogP contribution < -0.4 is 0 Å². The van der Waals surface area contributed by atoms with Crippen molar-refractivity contribution < 1.29 is 16.8 Å². The molecule has 10 heteroatoms. The highest BCUT2D eigenvalue weighted by molar-refractivity contribution is 8.66. The largest absolute Gasteiger partial charge is 0.325 e. The van der Waals surface area contributed by atoms with Crippen LogP contribution in [0.15, 0.2) is 63.3 Å². The zero-order valence-electron chi connectivity index (χ0n) is 18.4. The van der Waals surface area contributed by atoms with Crippen LogP contribution in [0, 0.1) is 0 Å². The van der Waals surface area contributed by atoms with Gasteiger partial charge < -0.3 is 4.57 Å². The second-order valence-corrected chi connectivity index (χ2v) is 15.7. The van der Waals surface area contributed by atoms with Gasteiger partial charge in [0.15, 0.2) is 0 Å². The van der Waals surface area contributed by atoms with E-state index >= 15 is 0 Å². The van der Waals surface area contributed by atoms with Gasteiger partial charge in [-0.2, -0.15) is 0 Å². The van der Waals surface area contributed by atoms with E-state index in [-0.39, 0.29) is 4.90 Å². The molecule has 0 atom stereocenters. The topological polar surface area (TPSA) is 86.1 Å². The van der Waals surface area contributed by atoms with E-state index in [1.165, 1.54) is 31.4 Å². The van der Waals surface area contributed by atoms with E-state index < -0.39 is 17.7 Å². The van der Waals surface area contributed by atoms with Crippen LogP contribution in [-0.2, 0) is 24.8 Å². The highest BCUT2D eigenvalue weighted by atomic mass is 35.5. The number of imidazole rings is 1. The Labute approximate surface area is 203 Å². The molecule has 0 bridgehead atoms. The van der Waals surface area contributed by atoms with Gasteiger partial charge in [-0.25, -0.2) is 21.8 Å². The number of hydrogen-bond acceptors (Lipinski definition) is 6. The second-order valence-electron chi connectivity index (χ2n) is 8.26. The van der Waals surface area contributed by atoms with Crippen molar-refractivity contribution in [2.24, 2.45) is 7.05 Å². The first-order chi connectivity index (χ1) is 15.6. The first-order valence-corrected chi connectivity index (χ1v) is 15.7. The van der Waals surface area contributed by atoms with Crippen molar-refractivity contribution in [3.8, 4) is 11.3 Å². The Kier molecular flexibility index (Phi) is 6.96. The Morgan fingerprint density at radius 3 is 2.12 bits per heavy atom. The highest BCUT2D eigenvalue weighted by Gasteiger charge is 2.28. The lowest BCUT2D eigenvalue weighted by molar-refractivity contribution is 0.419. The maximum Gasteiger partial charge on any atom is 0.281 e. The summed E-state index contributed by atoms with van der Waals surface area (Å²) in [6.45, 7) is 0. The van der Waals surface area contributed by atoms with Crippen LogP contribution in [-0.4, -0.2) is 32.6 Å². The smallest absolute Gasteiger partial charge is 0.281 e. The standard InChI is InChI=1S/C23H25ClN2O4S3/c1-26-22(17-6-4-3-5-7-17)25-21(23(26)31-19-12-10-18(24)11-13-19)16-8-14-20(15-9-16)33(29,30)32(2,27)28/h8-15,17H,3-7H2,1-2H3. The Bertz CT molecular complexity index is 1360. The molecule has 1 fully saturated rings. The van der Waals surface area contributed by atoms with E-state index in [0.717, 1.165) is 39.8 Å². The average molecular weight is 525 g/mol. The number of aromatic nitrogens is 2. The molecular formula is C23H25ClN2O4S3. The summed E-state index contributed by atoms with van der Waals surface area (Å²) in [5.74, 6) is 1.40. The molecule has 0 saturated heterocycles. The third kappa shape index (κ3) is 5.01. The lowest BCUT2D eigenvalue weighted by atomic mass is 9.89. The molecule has 0 aliphatic heterocycles. The molecule has 0 radical (unpaired) electrons. The quantitative estimate of drug-likeness (QED) is 0.386. The maximum absolute atomic E-state index is 12.3. The molecule has 2 aromatic carbocycles. The zero-order valence-corrected chi connectivity index (χ0v) is 21.6. The van der Waals surface area contributed by atoms with Gasteiger partial charge in [-0.15, -0.1) is 0 Å². The third-order valence-electron chi connectivity index (χ3n) is 5.89. The molecule has 6 nitrogen and oxygen atoms in total. The molecule has 0 N–H and O–H groups in total. The van der Waals surface area contributed by atoms with E-state index in [2.05, 4.69) is 4.57 Å². The Morgan fingerprint density at radius 1 is 0.939 bits per heavy atom. The maximum atomic E-state index is 12.3. The molecule has 1 aliphatic rings. The van der Waals surface area contributed by atoms with Crippen molar-refractivity contribution in [3.05, 3.63) is 59.4 Å². The van der Waals surface area contributed by atoms with E-state index in [9.17, 15) is 16.8 Å². The van der Waals surface area contributed by atoms with Gasteiger partial charge in [-0.05, 0) is 49.2 Å². The normalized spacial score (nSPS) is 15.6. The molecule has 0 spiro atoms. The van der Waals surface area contributed by atoms with Gasteiger partial charge in [-0.3, -0.25) is 0 Å². The van der Waals surface area contributed by atoms with Crippen molar-refractivity contribution in [3.63, 3.8) is 0 Å². The summed E-state index contributed by atoms with van der Waals surface area (Å²) in [7, 11) is -6.68. The van der Waals surface area contributed by atoms with Gasteiger partial charge >= 0.3 is 0 Å². The molecule has 176 valence electrons. The minimum Gasteiger partial charge on any atom is -0.325 e. The summed E-state index contributed by atoms with van der Waals surface area (Å²) >= 11 is 7.61. The minimum absolute atomic E-state index is 0.246. The van der Waals surface area contributed by atoms with Crippen LogP contribution >= 0.6 is 23.4 Å². The van der Waals surface area contributed by atoms with Crippen LogP contribution in [0.3, 0.4) is 0 Å². The fourth-order valence-corrected chi connectivity index (χ4v) is 7.41. The molecular weight excluding hydrogens is 500 g/mol. The molecule has 0 amide bonds. The van der Waals surface area contributed by atoms with Crippen LogP contribution in [0.5, 0.6) is 0 Å². The summed E-state index contributed by atoms with van der Waals surface area (Å²) in [4.78, 5) is 5.77. The van der Waals surface area contributed by atoms with Crippen molar-refractivity contribution in [1.29, 1.82) is 0 Å². The summed E-state index contributed by atoms with van der Waals surface area (Å²) in [6, 6.07) is 13.5. The zero-order chi connectivity index (χ0) is 23.8. The SMILES string of the molecule is Cn1c(C2CCCCC2)nc(-c2ccc(S(=O)(=O)S(C)(=O)=O)cc2)c1Sc1ccc(Cl)cc1. The van der Waals surface area contributed by atoms with E-state index in [4.69, 9.17) is 16.6 Å². The van der Waals surface area contributed by atoms with E-state index in [1.807, 2.05) is 31.3 Å². The third-order valence-corrected chi connectivity index (χ3v) is 11.9. The van der Waals surface area contributed by atoms with Gasteiger partial charge in [-0.1, -0.05) is 54.8 Å². The molecule has 33 heavy (non-hydrogen) atoms. The molecule has 4 rings (SSSR count). The predicted molar refractivity (Wildman–Crippen MR) is 132 cm³/mol. The molecule has 1 aromatic heterocycles. The van der Waals surface area contributed by atoms with Crippen molar-refractivity contribution in [2.75, 3.05) is 6.26 Å². The minimum atomic E-state index is -4.43. The van der Waals surface area contributed by atoms with E-state index in [0.29, 0.717) is 17.2 Å².